The van der Waals surface area contributed by atoms with E-state index in [1.165, 1.54) is 0 Å². The van der Waals surface area contributed by atoms with E-state index >= 15 is 0 Å². The fourth-order valence-electron chi connectivity index (χ4n) is 1.53. The van der Waals surface area contributed by atoms with E-state index in [0.717, 1.165) is 6.42 Å². The summed E-state index contributed by atoms with van der Waals surface area (Å²) in [6.45, 7) is 3.83. The lowest BCUT2D eigenvalue weighted by molar-refractivity contribution is -0.119. The molecule has 100 valence electrons. The Morgan fingerprint density at radius 3 is 2.95 bits per heavy atom. The number of benzene rings is 1. The molecule has 1 unspecified atom stereocenters. The van der Waals surface area contributed by atoms with Crippen molar-refractivity contribution in [1.82, 2.24) is 20.6 Å². The minimum absolute atomic E-state index is 0.0606. The van der Waals surface area contributed by atoms with Crippen molar-refractivity contribution in [3.05, 3.63) is 23.2 Å². The Balaban J connectivity index is 2.33. The number of anilines is 1. The van der Waals surface area contributed by atoms with Crippen molar-refractivity contribution >= 4 is 23.2 Å². The number of rotatable bonds is 4. The van der Waals surface area contributed by atoms with Gasteiger partial charge < -0.3 is 5.32 Å². The van der Waals surface area contributed by atoms with E-state index in [2.05, 4.69) is 25.9 Å². The maximum absolute atomic E-state index is 12.0. The smallest absolute Gasteiger partial charge is 0.227 e. The van der Waals surface area contributed by atoms with E-state index in [1.54, 1.807) is 18.2 Å². The van der Waals surface area contributed by atoms with Crippen molar-refractivity contribution in [2.24, 2.45) is 5.92 Å². The van der Waals surface area contributed by atoms with Crippen LogP contribution in [0.4, 0.5) is 5.69 Å². The Morgan fingerprint density at radius 2 is 2.32 bits per heavy atom. The molecule has 0 saturated heterocycles. The molecule has 1 amide bonds. The van der Waals surface area contributed by atoms with Gasteiger partial charge in [0.05, 0.1) is 5.69 Å². The van der Waals surface area contributed by atoms with Gasteiger partial charge in [-0.05, 0) is 29.8 Å². The highest BCUT2D eigenvalue weighted by Crippen LogP contribution is 2.28. The second kappa shape index (κ2) is 5.79. The largest absolute Gasteiger partial charge is 0.325 e. The van der Waals surface area contributed by atoms with E-state index in [0.29, 0.717) is 22.1 Å². The van der Waals surface area contributed by atoms with Gasteiger partial charge in [-0.1, -0.05) is 25.4 Å². The zero-order valence-corrected chi connectivity index (χ0v) is 11.4. The van der Waals surface area contributed by atoms with E-state index < -0.39 is 0 Å². The maximum Gasteiger partial charge on any atom is 0.227 e. The highest BCUT2D eigenvalue weighted by atomic mass is 35.5. The minimum Gasteiger partial charge on any atom is -0.325 e. The van der Waals surface area contributed by atoms with Crippen LogP contribution in [-0.4, -0.2) is 26.5 Å². The highest BCUT2D eigenvalue weighted by Gasteiger charge is 2.15. The van der Waals surface area contributed by atoms with Crippen LogP contribution in [-0.2, 0) is 4.79 Å². The van der Waals surface area contributed by atoms with Crippen LogP contribution >= 0.6 is 11.6 Å². The second-order valence-electron chi connectivity index (χ2n) is 4.22. The standard InChI is InChI=1S/C12H14ClN5O/c1-3-7(2)12(19)14-10-6-8(13)4-5-9(10)11-15-17-18-16-11/h4-7H,3H2,1-2H3,(H,14,19)(H,15,16,17,18). The summed E-state index contributed by atoms with van der Waals surface area (Å²) in [7, 11) is 0. The van der Waals surface area contributed by atoms with Crippen molar-refractivity contribution in [1.29, 1.82) is 0 Å². The van der Waals surface area contributed by atoms with Crippen LogP contribution in [0.25, 0.3) is 11.4 Å². The number of amides is 1. The number of nitrogens with zero attached hydrogens (tertiary/aromatic N) is 3. The third-order valence-electron chi connectivity index (χ3n) is 2.89. The van der Waals surface area contributed by atoms with E-state index in [-0.39, 0.29) is 11.8 Å². The minimum atomic E-state index is -0.0721. The van der Waals surface area contributed by atoms with Crippen LogP contribution in [0.2, 0.25) is 5.02 Å². The first-order valence-electron chi connectivity index (χ1n) is 5.96. The van der Waals surface area contributed by atoms with E-state index in [1.807, 2.05) is 13.8 Å². The number of halogens is 1. The molecule has 7 heteroatoms. The predicted octanol–water partition coefficient (Wildman–Crippen LogP) is 2.50. The predicted molar refractivity (Wildman–Crippen MR) is 72.7 cm³/mol. The second-order valence-corrected chi connectivity index (χ2v) is 4.66. The van der Waals surface area contributed by atoms with Gasteiger partial charge in [0.2, 0.25) is 11.7 Å². The quantitative estimate of drug-likeness (QED) is 0.901. The highest BCUT2D eigenvalue weighted by molar-refractivity contribution is 6.31. The van der Waals surface area contributed by atoms with Gasteiger partial charge in [0, 0.05) is 16.5 Å². The first-order chi connectivity index (χ1) is 9.11. The molecule has 1 aromatic heterocycles. The summed E-state index contributed by atoms with van der Waals surface area (Å²) in [5.41, 5.74) is 1.26. The van der Waals surface area contributed by atoms with Gasteiger partial charge in [-0.2, -0.15) is 5.21 Å². The number of tetrazole rings is 1. The summed E-state index contributed by atoms with van der Waals surface area (Å²) in [5.74, 6) is 0.280. The molecule has 19 heavy (non-hydrogen) atoms. The fourth-order valence-corrected chi connectivity index (χ4v) is 1.70. The van der Waals surface area contributed by atoms with Crippen LogP contribution < -0.4 is 5.32 Å². The summed E-state index contributed by atoms with van der Waals surface area (Å²) < 4.78 is 0. The zero-order chi connectivity index (χ0) is 13.8. The Morgan fingerprint density at radius 1 is 1.53 bits per heavy atom. The monoisotopic (exact) mass is 279 g/mol. The molecule has 0 radical (unpaired) electrons. The maximum atomic E-state index is 12.0. The van der Waals surface area contributed by atoms with Gasteiger partial charge in [0.1, 0.15) is 0 Å². The molecule has 0 saturated carbocycles. The molecule has 0 spiro atoms. The molecule has 0 fully saturated rings. The third kappa shape index (κ3) is 3.08. The summed E-state index contributed by atoms with van der Waals surface area (Å²) in [6, 6.07) is 5.14. The molecule has 1 aromatic carbocycles. The van der Waals surface area contributed by atoms with Gasteiger partial charge in [-0.25, -0.2) is 0 Å². The first kappa shape index (κ1) is 13.5. The van der Waals surface area contributed by atoms with Crippen LogP contribution in [0.1, 0.15) is 20.3 Å². The van der Waals surface area contributed by atoms with Crippen molar-refractivity contribution in [3.8, 4) is 11.4 Å². The molecule has 1 heterocycles. The van der Waals surface area contributed by atoms with Gasteiger partial charge >= 0.3 is 0 Å². The van der Waals surface area contributed by atoms with Crippen LogP contribution in [0, 0.1) is 5.92 Å². The zero-order valence-electron chi connectivity index (χ0n) is 10.6. The molecular weight excluding hydrogens is 266 g/mol. The van der Waals surface area contributed by atoms with Crippen LogP contribution in [0.3, 0.4) is 0 Å². The van der Waals surface area contributed by atoms with E-state index in [4.69, 9.17) is 11.6 Å². The molecule has 0 aliphatic rings. The Kier molecular flexibility index (Phi) is 4.11. The number of carbonyl (C=O) groups is 1. The number of H-pyrrole nitrogens is 1. The summed E-state index contributed by atoms with van der Waals surface area (Å²) in [5, 5.41) is 17.1. The number of aromatic amines is 1. The van der Waals surface area contributed by atoms with E-state index in [9.17, 15) is 4.79 Å². The first-order valence-corrected chi connectivity index (χ1v) is 6.33. The molecule has 1 atom stereocenters. The van der Waals surface area contributed by atoms with Crippen LogP contribution in [0.5, 0.6) is 0 Å². The lowest BCUT2D eigenvalue weighted by atomic mass is 10.1. The summed E-state index contributed by atoms with van der Waals surface area (Å²) in [4.78, 5) is 12.0. The molecule has 0 aliphatic carbocycles. The molecule has 6 nitrogen and oxygen atoms in total. The van der Waals surface area contributed by atoms with Crippen LogP contribution in [0.15, 0.2) is 18.2 Å². The number of carbonyl (C=O) groups excluding carboxylic acids is 1. The number of aromatic nitrogens is 4. The molecule has 2 aromatic rings. The van der Waals surface area contributed by atoms with Gasteiger partial charge in [-0.3, -0.25) is 4.79 Å². The molecule has 0 bridgehead atoms. The summed E-state index contributed by atoms with van der Waals surface area (Å²) >= 11 is 5.96. The third-order valence-corrected chi connectivity index (χ3v) is 3.12. The Labute approximate surface area is 115 Å². The number of hydrogen-bond donors (Lipinski definition) is 2. The van der Waals surface area contributed by atoms with Crippen molar-refractivity contribution in [2.75, 3.05) is 5.32 Å². The average molecular weight is 280 g/mol. The van der Waals surface area contributed by atoms with Crippen molar-refractivity contribution < 1.29 is 4.79 Å². The average Bonchev–Trinajstić information content (AvgIpc) is 2.91. The van der Waals surface area contributed by atoms with Crippen molar-refractivity contribution in [2.45, 2.75) is 20.3 Å². The number of hydrogen-bond acceptors (Lipinski definition) is 4. The van der Waals surface area contributed by atoms with Gasteiger partial charge in [-0.15, -0.1) is 10.2 Å². The topological polar surface area (TPSA) is 83.6 Å². The normalized spacial score (nSPS) is 12.2. The Bertz CT molecular complexity index is 570. The summed E-state index contributed by atoms with van der Waals surface area (Å²) in [6.07, 6.45) is 0.768. The Hall–Kier alpha value is -1.95. The van der Waals surface area contributed by atoms with Gasteiger partial charge in [0.15, 0.2) is 0 Å². The fraction of sp³-hybridized carbons (Fsp3) is 0.333. The molecule has 0 aliphatic heterocycles. The lowest BCUT2D eigenvalue weighted by Gasteiger charge is -2.12. The van der Waals surface area contributed by atoms with Gasteiger partial charge in [0.25, 0.3) is 0 Å². The SMILES string of the molecule is CCC(C)C(=O)Nc1cc(Cl)ccc1-c1nn[nH]n1. The molecular formula is C12H14ClN5O. The molecule has 2 rings (SSSR count). The molecule has 2 N–H and O–H groups in total. The van der Waals surface area contributed by atoms with Crippen molar-refractivity contribution in [3.63, 3.8) is 0 Å². The number of nitrogens with one attached hydrogen (secondary N) is 2. The lowest BCUT2D eigenvalue weighted by Crippen LogP contribution is -2.20.